The Labute approximate surface area is 115 Å². The second kappa shape index (κ2) is 5.76. The molecule has 1 aliphatic rings. The highest BCUT2D eigenvalue weighted by atomic mass is 15.2. The minimum absolute atomic E-state index is 1.19. The quantitative estimate of drug-likeness (QED) is 0.908. The van der Waals surface area contributed by atoms with E-state index in [0.717, 1.165) is 0 Å². The lowest BCUT2D eigenvalue weighted by atomic mass is 10.1. The van der Waals surface area contributed by atoms with E-state index < -0.39 is 0 Å². The molecule has 102 valence electrons. The van der Waals surface area contributed by atoms with E-state index in [1.807, 2.05) is 6.20 Å². The van der Waals surface area contributed by atoms with Crippen molar-refractivity contribution in [3.63, 3.8) is 0 Å². The van der Waals surface area contributed by atoms with Crippen LogP contribution in [0.5, 0.6) is 0 Å². The van der Waals surface area contributed by atoms with Crippen LogP contribution in [0.3, 0.4) is 0 Å². The largest absolute Gasteiger partial charge is 0.361 e. The molecule has 3 rings (SSSR count). The van der Waals surface area contributed by atoms with Gasteiger partial charge in [-0.3, -0.25) is 0 Å². The van der Waals surface area contributed by atoms with Crippen LogP contribution in [0.2, 0.25) is 0 Å². The average Bonchev–Trinajstić information content (AvgIpc) is 2.88. The number of fused-ring (bicyclic) bond motifs is 1. The zero-order valence-corrected chi connectivity index (χ0v) is 11.7. The van der Waals surface area contributed by atoms with E-state index in [1.165, 1.54) is 62.0 Å². The molecular formula is C16H23N3. The van der Waals surface area contributed by atoms with Crippen LogP contribution in [-0.2, 0) is 6.42 Å². The fraction of sp³-hybridized carbons (Fsp3) is 0.500. The molecule has 0 atom stereocenters. The molecule has 19 heavy (non-hydrogen) atoms. The topological polar surface area (TPSA) is 22.3 Å². The average molecular weight is 257 g/mol. The molecule has 1 aliphatic heterocycles. The van der Waals surface area contributed by atoms with Crippen LogP contribution < -0.4 is 0 Å². The van der Waals surface area contributed by atoms with Crippen LogP contribution in [0.1, 0.15) is 12.0 Å². The fourth-order valence-electron chi connectivity index (χ4n) is 2.84. The molecule has 0 bridgehead atoms. The Kier molecular flexibility index (Phi) is 3.85. The van der Waals surface area contributed by atoms with Gasteiger partial charge in [-0.1, -0.05) is 6.07 Å². The van der Waals surface area contributed by atoms with Crippen molar-refractivity contribution in [2.45, 2.75) is 12.8 Å². The van der Waals surface area contributed by atoms with Gasteiger partial charge in [-0.15, -0.1) is 0 Å². The van der Waals surface area contributed by atoms with E-state index in [2.05, 4.69) is 46.1 Å². The number of rotatable bonds is 4. The van der Waals surface area contributed by atoms with Crippen LogP contribution in [-0.4, -0.2) is 54.6 Å². The molecule has 0 amide bonds. The number of nitrogens with zero attached hydrogens (tertiary/aromatic N) is 2. The Balaban J connectivity index is 1.49. The minimum atomic E-state index is 1.19. The zero-order valence-electron chi connectivity index (χ0n) is 11.7. The third kappa shape index (κ3) is 3.17. The molecule has 0 unspecified atom stereocenters. The Morgan fingerprint density at radius 1 is 1.11 bits per heavy atom. The highest BCUT2D eigenvalue weighted by Gasteiger charge is 2.12. The van der Waals surface area contributed by atoms with Crippen molar-refractivity contribution in [1.29, 1.82) is 0 Å². The van der Waals surface area contributed by atoms with Crippen molar-refractivity contribution in [3.05, 3.63) is 36.0 Å². The van der Waals surface area contributed by atoms with Crippen LogP contribution in [0.4, 0.5) is 0 Å². The van der Waals surface area contributed by atoms with Crippen LogP contribution in [0.25, 0.3) is 10.9 Å². The van der Waals surface area contributed by atoms with E-state index in [9.17, 15) is 0 Å². The predicted molar refractivity (Wildman–Crippen MR) is 80.6 cm³/mol. The fourth-order valence-corrected chi connectivity index (χ4v) is 2.84. The van der Waals surface area contributed by atoms with E-state index in [4.69, 9.17) is 0 Å². The molecule has 0 spiro atoms. The third-order valence-electron chi connectivity index (χ3n) is 4.15. The number of piperazine rings is 1. The van der Waals surface area contributed by atoms with Gasteiger partial charge in [0.05, 0.1) is 0 Å². The second-order valence-electron chi connectivity index (χ2n) is 5.65. The Bertz CT molecular complexity index is 524. The van der Waals surface area contributed by atoms with Gasteiger partial charge in [0.25, 0.3) is 0 Å². The summed E-state index contributed by atoms with van der Waals surface area (Å²) >= 11 is 0. The van der Waals surface area contributed by atoms with Crippen LogP contribution >= 0.6 is 0 Å². The molecular weight excluding hydrogens is 234 g/mol. The highest BCUT2D eigenvalue weighted by molar-refractivity contribution is 5.79. The molecule has 1 fully saturated rings. The molecule has 1 aromatic carbocycles. The van der Waals surface area contributed by atoms with Gasteiger partial charge < -0.3 is 14.8 Å². The lowest BCUT2D eigenvalue weighted by Gasteiger charge is -2.32. The maximum absolute atomic E-state index is 3.25. The highest BCUT2D eigenvalue weighted by Crippen LogP contribution is 2.15. The summed E-state index contributed by atoms with van der Waals surface area (Å²) in [6.45, 7) is 6.13. The second-order valence-corrected chi connectivity index (χ2v) is 5.65. The SMILES string of the molecule is CN1CCN(CCCc2ccc3[nH]ccc3c2)CC1. The van der Waals surface area contributed by atoms with Gasteiger partial charge in [0, 0.05) is 37.9 Å². The van der Waals surface area contributed by atoms with Gasteiger partial charge >= 0.3 is 0 Å². The standard InChI is InChI=1S/C16H23N3/c1-18-9-11-19(12-10-18)8-2-3-14-4-5-16-15(13-14)6-7-17-16/h4-7,13,17H,2-3,8-12H2,1H3. The predicted octanol–water partition coefficient (Wildman–Crippen LogP) is 2.35. The monoisotopic (exact) mass is 257 g/mol. The molecule has 2 aromatic rings. The van der Waals surface area contributed by atoms with Crippen molar-refractivity contribution in [2.24, 2.45) is 0 Å². The molecule has 0 saturated carbocycles. The smallest absolute Gasteiger partial charge is 0.0454 e. The summed E-state index contributed by atoms with van der Waals surface area (Å²) in [6, 6.07) is 8.92. The van der Waals surface area contributed by atoms with Crippen molar-refractivity contribution in [3.8, 4) is 0 Å². The number of aryl methyl sites for hydroxylation is 1. The summed E-state index contributed by atoms with van der Waals surface area (Å²) in [5.41, 5.74) is 2.70. The third-order valence-corrected chi connectivity index (χ3v) is 4.15. The maximum atomic E-state index is 3.25. The number of hydrogen-bond donors (Lipinski definition) is 1. The van der Waals surface area contributed by atoms with E-state index in [1.54, 1.807) is 0 Å². The van der Waals surface area contributed by atoms with Crippen molar-refractivity contribution < 1.29 is 0 Å². The van der Waals surface area contributed by atoms with Gasteiger partial charge in [-0.25, -0.2) is 0 Å². The van der Waals surface area contributed by atoms with E-state index >= 15 is 0 Å². The summed E-state index contributed by atoms with van der Waals surface area (Å²) in [6.07, 6.45) is 4.46. The number of aromatic nitrogens is 1. The number of aromatic amines is 1. The lowest BCUT2D eigenvalue weighted by molar-refractivity contribution is 0.153. The van der Waals surface area contributed by atoms with Crippen molar-refractivity contribution in [1.82, 2.24) is 14.8 Å². The molecule has 0 aliphatic carbocycles. The van der Waals surface area contributed by atoms with Gasteiger partial charge in [-0.2, -0.15) is 0 Å². The summed E-state index contributed by atoms with van der Waals surface area (Å²) in [7, 11) is 2.21. The Morgan fingerprint density at radius 2 is 1.95 bits per heavy atom. The summed E-state index contributed by atoms with van der Waals surface area (Å²) < 4.78 is 0. The number of hydrogen-bond acceptors (Lipinski definition) is 2. The normalized spacial score (nSPS) is 18.2. The molecule has 3 nitrogen and oxygen atoms in total. The van der Waals surface area contributed by atoms with Gasteiger partial charge in [0.15, 0.2) is 0 Å². The summed E-state index contributed by atoms with van der Waals surface area (Å²) in [4.78, 5) is 8.25. The lowest BCUT2D eigenvalue weighted by Crippen LogP contribution is -2.44. The molecule has 0 radical (unpaired) electrons. The van der Waals surface area contributed by atoms with E-state index in [-0.39, 0.29) is 0 Å². The van der Waals surface area contributed by atoms with Crippen LogP contribution in [0, 0.1) is 0 Å². The minimum Gasteiger partial charge on any atom is -0.361 e. The van der Waals surface area contributed by atoms with E-state index in [0.29, 0.717) is 0 Å². The van der Waals surface area contributed by atoms with Gasteiger partial charge in [0.2, 0.25) is 0 Å². The summed E-state index contributed by atoms with van der Waals surface area (Å²) in [5.74, 6) is 0. The molecule has 1 N–H and O–H groups in total. The number of nitrogens with one attached hydrogen (secondary N) is 1. The number of H-pyrrole nitrogens is 1. The zero-order chi connectivity index (χ0) is 13.1. The van der Waals surface area contributed by atoms with Crippen molar-refractivity contribution in [2.75, 3.05) is 39.8 Å². The van der Waals surface area contributed by atoms with Crippen molar-refractivity contribution >= 4 is 10.9 Å². The molecule has 1 aromatic heterocycles. The first kappa shape index (κ1) is 12.7. The molecule has 3 heteroatoms. The first-order valence-corrected chi connectivity index (χ1v) is 7.28. The molecule has 1 saturated heterocycles. The molecule has 2 heterocycles. The Morgan fingerprint density at radius 3 is 2.79 bits per heavy atom. The van der Waals surface area contributed by atoms with Gasteiger partial charge in [0.1, 0.15) is 0 Å². The van der Waals surface area contributed by atoms with Crippen LogP contribution in [0.15, 0.2) is 30.5 Å². The number of benzene rings is 1. The number of likely N-dealkylation sites (N-methyl/N-ethyl adjacent to an activating group) is 1. The van der Waals surface area contributed by atoms with Gasteiger partial charge in [-0.05, 0) is 55.6 Å². The Hall–Kier alpha value is -1.32. The summed E-state index contributed by atoms with van der Waals surface area (Å²) in [5, 5.41) is 1.33. The first-order valence-electron chi connectivity index (χ1n) is 7.28. The maximum Gasteiger partial charge on any atom is 0.0454 e. The first-order chi connectivity index (χ1) is 9.31.